The van der Waals surface area contributed by atoms with Gasteiger partial charge in [0.2, 0.25) is 5.95 Å². The number of nitrogens with one attached hydrogen (secondary N) is 2. The Morgan fingerprint density at radius 2 is 1.80 bits per heavy atom. The summed E-state index contributed by atoms with van der Waals surface area (Å²) >= 11 is 0. The molecule has 25 heavy (non-hydrogen) atoms. The van der Waals surface area contributed by atoms with Gasteiger partial charge >= 0.3 is 6.36 Å². The van der Waals surface area contributed by atoms with Gasteiger partial charge in [0.25, 0.3) is 5.56 Å². The Balaban J connectivity index is 1.78. The Morgan fingerprint density at radius 3 is 2.48 bits per heavy atom. The number of alkyl halides is 3. The van der Waals surface area contributed by atoms with E-state index < -0.39 is 6.36 Å². The summed E-state index contributed by atoms with van der Waals surface area (Å²) in [6.45, 7) is 1.80. The number of H-pyrrole nitrogens is 1. The molecule has 5 nitrogen and oxygen atoms in total. The number of ether oxygens (including phenoxy) is 1. The van der Waals surface area contributed by atoms with Crippen molar-refractivity contribution in [2.75, 3.05) is 5.32 Å². The molecule has 1 heterocycles. The van der Waals surface area contributed by atoms with Crippen LogP contribution in [0.1, 0.15) is 18.5 Å². The van der Waals surface area contributed by atoms with Crippen molar-refractivity contribution < 1.29 is 17.9 Å². The van der Waals surface area contributed by atoms with Crippen molar-refractivity contribution in [3.8, 4) is 5.75 Å². The molecule has 0 saturated heterocycles. The van der Waals surface area contributed by atoms with E-state index in [1.807, 2.05) is 0 Å². The van der Waals surface area contributed by atoms with Crippen LogP contribution in [-0.2, 0) is 0 Å². The highest BCUT2D eigenvalue weighted by Crippen LogP contribution is 2.25. The monoisotopic (exact) mass is 349 g/mol. The highest BCUT2D eigenvalue weighted by atomic mass is 19.4. The van der Waals surface area contributed by atoms with E-state index in [9.17, 15) is 18.0 Å². The number of rotatable bonds is 4. The van der Waals surface area contributed by atoms with E-state index in [0.717, 1.165) is 0 Å². The average Bonchev–Trinajstić information content (AvgIpc) is 2.54. The molecule has 3 aromatic rings. The molecule has 0 aliphatic carbocycles. The van der Waals surface area contributed by atoms with Crippen LogP contribution in [0.2, 0.25) is 0 Å². The normalized spacial score (nSPS) is 12.8. The minimum absolute atomic E-state index is 0.269. The second-order valence-electron chi connectivity index (χ2n) is 5.41. The lowest BCUT2D eigenvalue weighted by Crippen LogP contribution is -2.17. The van der Waals surface area contributed by atoms with Gasteiger partial charge in [0, 0.05) is 0 Å². The van der Waals surface area contributed by atoms with Crippen molar-refractivity contribution in [2.45, 2.75) is 19.3 Å². The van der Waals surface area contributed by atoms with Gasteiger partial charge in [-0.05, 0) is 36.8 Å². The molecule has 1 aromatic heterocycles. The topological polar surface area (TPSA) is 67.0 Å². The summed E-state index contributed by atoms with van der Waals surface area (Å²) in [5.74, 6) is -0.00694. The van der Waals surface area contributed by atoms with Gasteiger partial charge in [0.1, 0.15) is 5.75 Å². The number of hydrogen-bond donors (Lipinski definition) is 2. The van der Waals surface area contributed by atoms with Gasteiger partial charge in [-0.2, -0.15) is 0 Å². The van der Waals surface area contributed by atoms with Gasteiger partial charge in [0.15, 0.2) is 0 Å². The molecule has 2 aromatic carbocycles. The summed E-state index contributed by atoms with van der Waals surface area (Å²) in [4.78, 5) is 19.0. The minimum atomic E-state index is -4.72. The van der Waals surface area contributed by atoms with E-state index in [2.05, 4.69) is 20.0 Å². The predicted octanol–water partition coefficient (Wildman–Crippen LogP) is 3.99. The van der Waals surface area contributed by atoms with E-state index in [-0.39, 0.29) is 23.3 Å². The number of anilines is 1. The lowest BCUT2D eigenvalue weighted by Gasteiger charge is -2.16. The summed E-state index contributed by atoms with van der Waals surface area (Å²) in [5, 5.41) is 3.51. The number of halogens is 3. The minimum Gasteiger partial charge on any atom is -0.406 e. The Labute approximate surface area is 140 Å². The zero-order valence-electron chi connectivity index (χ0n) is 13.1. The third-order valence-electron chi connectivity index (χ3n) is 3.58. The molecule has 0 aliphatic rings. The van der Waals surface area contributed by atoms with Crippen LogP contribution in [0.25, 0.3) is 10.9 Å². The van der Waals surface area contributed by atoms with Crippen molar-refractivity contribution >= 4 is 16.9 Å². The number of benzene rings is 2. The molecule has 130 valence electrons. The molecule has 2 N–H and O–H groups in total. The first-order chi connectivity index (χ1) is 11.8. The first kappa shape index (κ1) is 16.8. The molecule has 0 spiro atoms. The molecule has 0 aliphatic heterocycles. The van der Waals surface area contributed by atoms with Crippen molar-refractivity contribution in [2.24, 2.45) is 0 Å². The van der Waals surface area contributed by atoms with Gasteiger partial charge in [-0.15, -0.1) is 13.2 Å². The van der Waals surface area contributed by atoms with Crippen molar-refractivity contribution in [1.29, 1.82) is 0 Å². The second kappa shape index (κ2) is 6.46. The van der Waals surface area contributed by atoms with Crippen LogP contribution in [0.4, 0.5) is 19.1 Å². The lowest BCUT2D eigenvalue weighted by molar-refractivity contribution is -0.274. The van der Waals surface area contributed by atoms with Gasteiger partial charge < -0.3 is 10.1 Å². The number of fused-ring (bicyclic) bond motifs is 1. The third kappa shape index (κ3) is 4.09. The van der Waals surface area contributed by atoms with Crippen LogP contribution >= 0.6 is 0 Å². The smallest absolute Gasteiger partial charge is 0.406 e. The maximum absolute atomic E-state index is 12.2. The van der Waals surface area contributed by atoms with E-state index in [0.29, 0.717) is 16.5 Å². The summed E-state index contributed by atoms with van der Waals surface area (Å²) < 4.78 is 40.4. The first-order valence-electron chi connectivity index (χ1n) is 7.43. The molecule has 0 fully saturated rings. The summed E-state index contributed by atoms with van der Waals surface area (Å²) in [7, 11) is 0. The SMILES string of the molecule is C[C@H](Nc1nc2ccccc2c(=O)[nH]1)c1ccc(OC(F)(F)F)cc1. The van der Waals surface area contributed by atoms with Gasteiger partial charge in [-0.3, -0.25) is 9.78 Å². The van der Waals surface area contributed by atoms with Gasteiger partial charge in [-0.25, -0.2) is 4.98 Å². The van der Waals surface area contributed by atoms with Gasteiger partial charge in [0.05, 0.1) is 16.9 Å². The Kier molecular flexibility index (Phi) is 4.35. The number of para-hydroxylation sites is 1. The maximum atomic E-state index is 12.2. The number of aromatic amines is 1. The molecule has 0 unspecified atom stereocenters. The van der Waals surface area contributed by atoms with Crippen LogP contribution in [0.3, 0.4) is 0 Å². The van der Waals surface area contributed by atoms with Crippen LogP contribution in [0.15, 0.2) is 53.3 Å². The van der Waals surface area contributed by atoms with Crippen LogP contribution < -0.4 is 15.6 Å². The summed E-state index contributed by atoms with van der Waals surface area (Å²) in [6.07, 6.45) is -4.72. The molecule has 1 atom stereocenters. The van der Waals surface area contributed by atoms with Crippen molar-refractivity contribution in [3.05, 3.63) is 64.4 Å². The fraction of sp³-hybridized carbons (Fsp3) is 0.176. The Hall–Kier alpha value is -3.03. The third-order valence-corrected chi connectivity index (χ3v) is 3.58. The lowest BCUT2D eigenvalue weighted by atomic mass is 10.1. The highest BCUT2D eigenvalue weighted by molar-refractivity contribution is 5.78. The zero-order chi connectivity index (χ0) is 18.0. The molecule has 0 amide bonds. The number of nitrogens with zero attached hydrogens (tertiary/aromatic N) is 1. The van der Waals surface area contributed by atoms with Gasteiger partial charge in [-0.1, -0.05) is 24.3 Å². The number of aromatic nitrogens is 2. The van der Waals surface area contributed by atoms with E-state index in [1.54, 1.807) is 31.2 Å². The fourth-order valence-electron chi connectivity index (χ4n) is 2.40. The summed E-state index contributed by atoms with van der Waals surface area (Å²) in [5.41, 5.74) is 0.995. The van der Waals surface area contributed by atoms with Crippen molar-refractivity contribution in [1.82, 2.24) is 9.97 Å². The zero-order valence-corrected chi connectivity index (χ0v) is 13.1. The molecule has 0 radical (unpaired) electrons. The summed E-state index contributed by atoms with van der Waals surface area (Å²) in [6, 6.07) is 12.1. The Morgan fingerprint density at radius 1 is 1.12 bits per heavy atom. The second-order valence-corrected chi connectivity index (χ2v) is 5.41. The van der Waals surface area contributed by atoms with Crippen LogP contribution in [-0.4, -0.2) is 16.3 Å². The quantitative estimate of drug-likeness (QED) is 0.747. The highest BCUT2D eigenvalue weighted by Gasteiger charge is 2.31. The Bertz CT molecular complexity index is 936. The number of hydrogen-bond acceptors (Lipinski definition) is 4. The van der Waals surface area contributed by atoms with E-state index in [1.165, 1.54) is 24.3 Å². The molecule has 0 saturated carbocycles. The standard InChI is InChI=1S/C17H14F3N3O2/c1-10(11-6-8-12(9-7-11)25-17(18,19)20)21-16-22-14-5-3-2-4-13(14)15(24)23-16/h2-10H,1H3,(H2,21,22,23,24)/t10-/m0/s1. The molecule has 8 heteroatoms. The molecular weight excluding hydrogens is 335 g/mol. The van der Waals surface area contributed by atoms with Crippen LogP contribution in [0, 0.1) is 0 Å². The molecule has 3 rings (SSSR count). The van der Waals surface area contributed by atoms with E-state index >= 15 is 0 Å². The molecular formula is C17H14F3N3O2. The van der Waals surface area contributed by atoms with E-state index in [4.69, 9.17) is 0 Å². The predicted molar refractivity (Wildman–Crippen MR) is 87.5 cm³/mol. The average molecular weight is 349 g/mol. The largest absolute Gasteiger partial charge is 0.573 e. The maximum Gasteiger partial charge on any atom is 0.573 e. The fourth-order valence-corrected chi connectivity index (χ4v) is 2.40. The van der Waals surface area contributed by atoms with Crippen molar-refractivity contribution in [3.63, 3.8) is 0 Å². The van der Waals surface area contributed by atoms with Crippen LogP contribution in [0.5, 0.6) is 5.75 Å². The first-order valence-corrected chi connectivity index (χ1v) is 7.43. The molecule has 0 bridgehead atoms.